The van der Waals surface area contributed by atoms with Crippen LogP contribution in [-0.4, -0.2) is 25.9 Å². The first-order valence-electron chi connectivity index (χ1n) is 7.35. The third kappa shape index (κ3) is 4.58. The summed E-state index contributed by atoms with van der Waals surface area (Å²) in [5.41, 5.74) is 1.43. The maximum Gasteiger partial charge on any atom is 0.258 e. The Morgan fingerprint density at radius 1 is 1.25 bits per heavy atom. The summed E-state index contributed by atoms with van der Waals surface area (Å²) < 4.78 is 11.6. The molecule has 6 heteroatoms. The highest BCUT2D eigenvalue weighted by atomic mass is 79.9. The summed E-state index contributed by atoms with van der Waals surface area (Å²) in [5, 5.41) is 2.87. The number of carbonyl (C=O) groups excluding carboxylic acids is 2. The van der Waals surface area contributed by atoms with Crippen LogP contribution in [0.5, 0.6) is 11.5 Å². The lowest BCUT2D eigenvalue weighted by Crippen LogP contribution is -2.31. The minimum absolute atomic E-state index is 0.167. The largest absolute Gasteiger partial charge is 0.493 e. The number of halogens is 1. The zero-order chi connectivity index (χ0) is 17.5. The molecular formula is C18H18BrNO4. The first kappa shape index (κ1) is 18.0. The highest BCUT2D eigenvalue weighted by molar-refractivity contribution is 9.10. The number of rotatable bonds is 7. The van der Waals surface area contributed by atoms with E-state index >= 15 is 0 Å². The van der Waals surface area contributed by atoms with E-state index in [0.29, 0.717) is 23.3 Å². The van der Waals surface area contributed by atoms with Gasteiger partial charge in [0.25, 0.3) is 5.91 Å². The average molecular weight is 392 g/mol. The van der Waals surface area contributed by atoms with E-state index in [0.717, 1.165) is 10.0 Å². The van der Waals surface area contributed by atoms with Crippen molar-refractivity contribution in [3.8, 4) is 11.5 Å². The number of methoxy groups -OCH3 is 1. The predicted octanol–water partition coefficient (Wildman–Crippen LogP) is 3.53. The molecule has 0 fully saturated rings. The lowest BCUT2D eigenvalue weighted by molar-refractivity contribution is -0.123. The molecular weight excluding hydrogens is 374 g/mol. The third-order valence-electron chi connectivity index (χ3n) is 3.43. The summed E-state index contributed by atoms with van der Waals surface area (Å²) in [7, 11) is 1.50. The molecule has 0 aliphatic heterocycles. The molecule has 0 radical (unpaired) electrons. The van der Waals surface area contributed by atoms with Crippen LogP contribution in [0, 0.1) is 0 Å². The summed E-state index contributed by atoms with van der Waals surface area (Å²) in [6.45, 7) is 1.72. The first-order valence-corrected chi connectivity index (χ1v) is 8.14. The molecule has 0 bridgehead atoms. The maximum atomic E-state index is 12.1. The van der Waals surface area contributed by atoms with E-state index in [1.807, 2.05) is 31.2 Å². The molecule has 5 nitrogen and oxygen atoms in total. The van der Waals surface area contributed by atoms with Crippen molar-refractivity contribution in [2.75, 3.05) is 13.7 Å². The van der Waals surface area contributed by atoms with Gasteiger partial charge in [-0.05, 0) is 36.8 Å². The second-order valence-corrected chi connectivity index (χ2v) is 5.98. The van der Waals surface area contributed by atoms with E-state index in [2.05, 4.69) is 21.2 Å². The van der Waals surface area contributed by atoms with E-state index in [9.17, 15) is 9.59 Å². The minimum atomic E-state index is -0.267. The van der Waals surface area contributed by atoms with Crippen molar-refractivity contribution in [1.29, 1.82) is 0 Å². The van der Waals surface area contributed by atoms with E-state index in [1.54, 1.807) is 12.1 Å². The number of hydrogen-bond acceptors (Lipinski definition) is 4. The standard InChI is InChI=1S/C18H18BrNO4/c1-12(14-5-3-4-6-15(14)19)20-18(22)11-24-17-9-13(10-21)7-8-16(17)23-2/h3-10,12H,11H2,1-2H3,(H,20,22)/t12-/m1/s1. The van der Waals surface area contributed by atoms with Crippen molar-refractivity contribution >= 4 is 28.1 Å². The van der Waals surface area contributed by atoms with Gasteiger partial charge in [-0.3, -0.25) is 9.59 Å². The van der Waals surface area contributed by atoms with Crippen LogP contribution in [0.4, 0.5) is 0 Å². The molecule has 2 rings (SSSR count). The molecule has 126 valence electrons. The van der Waals surface area contributed by atoms with Crippen molar-refractivity contribution in [2.45, 2.75) is 13.0 Å². The topological polar surface area (TPSA) is 64.6 Å². The van der Waals surface area contributed by atoms with Crippen LogP contribution in [0.15, 0.2) is 46.9 Å². The molecule has 0 aliphatic carbocycles. The number of hydrogen-bond donors (Lipinski definition) is 1. The SMILES string of the molecule is COc1ccc(C=O)cc1OCC(=O)N[C@H](C)c1ccccc1Br. The van der Waals surface area contributed by atoms with E-state index in [1.165, 1.54) is 13.2 Å². The van der Waals surface area contributed by atoms with Crippen LogP contribution in [0.25, 0.3) is 0 Å². The van der Waals surface area contributed by atoms with Crippen molar-refractivity contribution in [1.82, 2.24) is 5.32 Å². The van der Waals surface area contributed by atoms with Gasteiger partial charge in [-0.1, -0.05) is 34.1 Å². The van der Waals surface area contributed by atoms with Crippen LogP contribution >= 0.6 is 15.9 Å². The molecule has 0 saturated carbocycles. The van der Waals surface area contributed by atoms with Gasteiger partial charge in [-0.15, -0.1) is 0 Å². The van der Waals surface area contributed by atoms with Crippen LogP contribution < -0.4 is 14.8 Å². The molecule has 24 heavy (non-hydrogen) atoms. The zero-order valence-electron chi connectivity index (χ0n) is 13.4. The van der Waals surface area contributed by atoms with E-state index in [4.69, 9.17) is 9.47 Å². The van der Waals surface area contributed by atoms with Gasteiger partial charge in [0.15, 0.2) is 18.1 Å². The fraction of sp³-hybridized carbons (Fsp3) is 0.222. The summed E-state index contributed by atoms with van der Waals surface area (Å²) in [5.74, 6) is 0.551. The Morgan fingerprint density at radius 3 is 2.67 bits per heavy atom. The van der Waals surface area contributed by atoms with Crippen LogP contribution in [-0.2, 0) is 4.79 Å². The van der Waals surface area contributed by atoms with Gasteiger partial charge in [0, 0.05) is 10.0 Å². The van der Waals surface area contributed by atoms with Crippen molar-refractivity contribution in [2.24, 2.45) is 0 Å². The Hall–Kier alpha value is -2.34. The summed E-state index contributed by atoms with van der Waals surface area (Å²) in [6.07, 6.45) is 0.710. The summed E-state index contributed by atoms with van der Waals surface area (Å²) >= 11 is 3.47. The Bertz CT molecular complexity index is 733. The average Bonchev–Trinajstić information content (AvgIpc) is 2.59. The molecule has 2 aromatic carbocycles. The molecule has 1 atom stereocenters. The summed E-state index contributed by atoms with van der Waals surface area (Å²) in [4.78, 5) is 23.0. The molecule has 1 N–H and O–H groups in total. The molecule has 0 unspecified atom stereocenters. The Labute approximate surface area is 149 Å². The van der Waals surface area contributed by atoms with Crippen molar-refractivity contribution < 1.29 is 19.1 Å². The highest BCUT2D eigenvalue weighted by Crippen LogP contribution is 2.27. The first-order chi connectivity index (χ1) is 11.5. The van der Waals surface area contributed by atoms with Crippen molar-refractivity contribution in [3.63, 3.8) is 0 Å². The lowest BCUT2D eigenvalue weighted by Gasteiger charge is -2.16. The van der Waals surface area contributed by atoms with Crippen molar-refractivity contribution in [3.05, 3.63) is 58.1 Å². The number of ether oxygens (including phenoxy) is 2. The van der Waals surface area contributed by atoms with Gasteiger partial charge >= 0.3 is 0 Å². The normalized spacial score (nSPS) is 11.5. The quantitative estimate of drug-likeness (QED) is 0.733. The molecule has 0 spiro atoms. The fourth-order valence-corrected chi connectivity index (χ4v) is 2.84. The number of amides is 1. The minimum Gasteiger partial charge on any atom is -0.493 e. The highest BCUT2D eigenvalue weighted by Gasteiger charge is 2.13. The molecule has 2 aromatic rings. The van der Waals surface area contributed by atoms with Crippen LogP contribution in [0.2, 0.25) is 0 Å². The summed E-state index contributed by atoms with van der Waals surface area (Å²) in [6, 6.07) is 12.3. The smallest absolute Gasteiger partial charge is 0.258 e. The Balaban J connectivity index is 1.98. The van der Waals surface area contributed by atoms with Gasteiger partial charge in [0.1, 0.15) is 6.29 Å². The zero-order valence-corrected chi connectivity index (χ0v) is 15.0. The van der Waals surface area contributed by atoms with Gasteiger partial charge in [0.2, 0.25) is 0 Å². The molecule has 0 saturated heterocycles. The van der Waals surface area contributed by atoms with Gasteiger partial charge in [-0.25, -0.2) is 0 Å². The van der Waals surface area contributed by atoms with Gasteiger partial charge in [0.05, 0.1) is 13.2 Å². The fourth-order valence-electron chi connectivity index (χ4n) is 2.21. The molecule has 0 heterocycles. The predicted molar refractivity (Wildman–Crippen MR) is 94.6 cm³/mol. The van der Waals surface area contributed by atoms with Crippen LogP contribution in [0.1, 0.15) is 28.9 Å². The van der Waals surface area contributed by atoms with E-state index in [-0.39, 0.29) is 18.6 Å². The second kappa shape index (κ2) is 8.49. The number of carbonyl (C=O) groups is 2. The molecule has 0 aromatic heterocycles. The number of benzene rings is 2. The van der Waals surface area contributed by atoms with E-state index < -0.39 is 0 Å². The van der Waals surface area contributed by atoms with Gasteiger partial charge in [-0.2, -0.15) is 0 Å². The lowest BCUT2D eigenvalue weighted by atomic mass is 10.1. The molecule has 1 amide bonds. The third-order valence-corrected chi connectivity index (χ3v) is 4.15. The number of aldehydes is 1. The van der Waals surface area contributed by atoms with Crippen LogP contribution in [0.3, 0.4) is 0 Å². The monoisotopic (exact) mass is 391 g/mol. The Kier molecular flexibility index (Phi) is 6.37. The van der Waals surface area contributed by atoms with Gasteiger partial charge < -0.3 is 14.8 Å². The second-order valence-electron chi connectivity index (χ2n) is 5.13. The maximum absolute atomic E-state index is 12.1. The number of nitrogens with one attached hydrogen (secondary N) is 1. The Morgan fingerprint density at radius 2 is 2.00 bits per heavy atom. The molecule has 0 aliphatic rings.